The van der Waals surface area contributed by atoms with Gasteiger partial charge in [-0.1, -0.05) is 48.7 Å². The summed E-state index contributed by atoms with van der Waals surface area (Å²) in [5.41, 5.74) is 6.26. The van der Waals surface area contributed by atoms with Crippen molar-refractivity contribution in [2.24, 2.45) is 5.73 Å². The zero-order valence-electron chi connectivity index (χ0n) is 9.75. The maximum absolute atomic E-state index is 9.76. The van der Waals surface area contributed by atoms with Crippen molar-refractivity contribution in [1.82, 2.24) is 0 Å². The molecule has 17 heavy (non-hydrogen) atoms. The predicted octanol–water partition coefficient (Wildman–Crippen LogP) is 3.71. The zero-order chi connectivity index (χ0) is 13.3. The van der Waals surface area contributed by atoms with Gasteiger partial charge in [-0.05, 0) is 18.1 Å². The van der Waals surface area contributed by atoms with Crippen molar-refractivity contribution < 1.29 is 9.90 Å². The third-order valence-corrected chi connectivity index (χ3v) is 2.85. The van der Waals surface area contributed by atoms with E-state index in [2.05, 4.69) is 0 Å². The highest BCUT2D eigenvalue weighted by molar-refractivity contribution is 6.42. The van der Waals surface area contributed by atoms with E-state index in [1.807, 2.05) is 19.1 Å². The Balaban J connectivity index is 0.000000325. The van der Waals surface area contributed by atoms with Crippen molar-refractivity contribution in [3.8, 4) is 0 Å². The number of hydrogen-bond donors (Lipinski definition) is 2. The number of carboxylic acids is 1. The Hall–Kier alpha value is -0.770. The Bertz CT molecular complexity index is 356. The van der Waals surface area contributed by atoms with Crippen LogP contribution in [0.4, 0.5) is 0 Å². The standard InChI is InChI=1S/C7H7Cl2N.C5H10O2/c8-6-3-1-2-5(4-10)7(6)9;1-2-3-4-5(6)7/h1-3H,4,10H2;2-4H2,1H3,(H,6,7). The molecule has 0 atom stereocenters. The molecule has 3 nitrogen and oxygen atoms in total. The van der Waals surface area contributed by atoms with Crippen LogP contribution in [0.2, 0.25) is 10.0 Å². The highest BCUT2D eigenvalue weighted by atomic mass is 35.5. The summed E-state index contributed by atoms with van der Waals surface area (Å²) in [6, 6.07) is 5.42. The minimum atomic E-state index is -0.693. The molecule has 0 aliphatic heterocycles. The van der Waals surface area contributed by atoms with Crippen LogP contribution in [0, 0.1) is 0 Å². The molecule has 1 aromatic rings. The summed E-state index contributed by atoms with van der Waals surface area (Å²) in [4.78, 5) is 9.76. The monoisotopic (exact) mass is 277 g/mol. The maximum Gasteiger partial charge on any atom is 0.303 e. The van der Waals surface area contributed by atoms with Crippen LogP contribution in [-0.4, -0.2) is 11.1 Å². The average Bonchev–Trinajstić information content (AvgIpc) is 2.31. The third kappa shape index (κ3) is 7.21. The summed E-state index contributed by atoms with van der Waals surface area (Å²) < 4.78 is 0. The minimum Gasteiger partial charge on any atom is -0.481 e. The van der Waals surface area contributed by atoms with E-state index in [1.165, 1.54) is 0 Å². The van der Waals surface area contributed by atoms with E-state index in [1.54, 1.807) is 6.07 Å². The van der Waals surface area contributed by atoms with Crippen molar-refractivity contribution in [3.63, 3.8) is 0 Å². The first kappa shape index (κ1) is 16.2. The molecule has 0 amide bonds. The molecule has 0 aromatic heterocycles. The molecule has 0 heterocycles. The molecule has 0 saturated carbocycles. The van der Waals surface area contributed by atoms with Gasteiger partial charge in [-0.25, -0.2) is 0 Å². The summed E-state index contributed by atoms with van der Waals surface area (Å²) in [6.07, 6.45) is 2.08. The lowest BCUT2D eigenvalue weighted by Gasteiger charge is -2.00. The molecular formula is C12H17Cl2NO2. The van der Waals surface area contributed by atoms with Crippen LogP contribution >= 0.6 is 23.2 Å². The Morgan fingerprint density at radius 2 is 2.06 bits per heavy atom. The molecule has 1 aromatic carbocycles. The Kier molecular flexibility index (Phi) is 8.86. The number of hydrogen-bond acceptors (Lipinski definition) is 2. The topological polar surface area (TPSA) is 63.3 Å². The van der Waals surface area contributed by atoms with E-state index in [0.29, 0.717) is 23.0 Å². The van der Waals surface area contributed by atoms with Gasteiger partial charge in [-0.15, -0.1) is 0 Å². The molecule has 0 saturated heterocycles. The third-order valence-electron chi connectivity index (χ3n) is 2.00. The Labute approximate surface area is 112 Å². The van der Waals surface area contributed by atoms with E-state index in [4.69, 9.17) is 34.0 Å². The molecule has 0 bridgehead atoms. The quantitative estimate of drug-likeness (QED) is 0.882. The number of carbonyl (C=O) groups is 1. The maximum atomic E-state index is 9.76. The SMILES string of the molecule is CCCCC(=O)O.NCc1cccc(Cl)c1Cl. The van der Waals surface area contributed by atoms with E-state index in [9.17, 15) is 4.79 Å². The van der Waals surface area contributed by atoms with Crippen molar-refractivity contribution in [3.05, 3.63) is 33.8 Å². The smallest absolute Gasteiger partial charge is 0.303 e. The normalized spacial score (nSPS) is 9.41. The van der Waals surface area contributed by atoms with Gasteiger partial charge in [0.15, 0.2) is 0 Å². The van der Waals surface area contributed by atoms with Gasteiger partial charge in [-0.2, -0.15) is 0 Å². The molecule has 0 spiro atoms. The summed E-state index contributed by atoms with van der Waals surface area (Å²) >= 11 is 11.5. The molecule has 0 fully saturated rings. The number of rotatable bonds is 4. The second kappa shape index (κ2) is 9.28. The largest absolute Gasteiger partial charge is 0.481 e. The highest BCUT2D eigenvalue weighted by Gasteiger charge is 2.00. The molecule has 96 valence electrons. The Morgan fingerprint density at radius 3 is 2.41 bits per heavy atom. The first-order valence-electron chi connectivity index (χ1n) is 5.37. The van der Waals surface area contributed by atoms with E-state index in [0.717, 1.165) is 18.4 Å². The molecule has 0 aliphatic carbocycles. The fraction of sp³-hybridized carbons (Fsp3) is 0.417. The van der Waals surface area contributed by atoms with Crippen LogP contribution in [0.25, 0.3) is 0 Å². The van der Waals surface area contributed by atoms with Gasteiger partial charge in [-0.3, -0.25) is 4.79 Å². The molecule has 0 unspecified atom stereocenters. The summed E-state index contributed by atoms with van der Waals surface area (Å²) in [5, 5.41) is 9.17. The van der Waals surface area contributed by atoms with E-state index < -0.39 is 5.97 Å². The van der Waals surface area contributed by atoms with Crippen LogP contribution in [0.1, 0.15) is 31.7 Å². The van der Waals surface area contributed by atoms with Crippen molar-refractivity contribution in [2.45, 2.75) is 32.7 Å². The van der Waals surface area contributed by atoms with Crippen LogP contribution in [0.3, 0.4) is 0 Å². The number of carboxylic acid groups (broad SMARTS) is 1. The van der Waals surface area contributed by atoms with Crippen LogP contribution in [-0.2, 0) is 11.3 Å². The molecule has 1 rings (SSSR count). The fourth-order valence-electron chi connectivity index (χ4n) is 1.03. The van der Waals surface area contributed by atoms with Gasteiger partial charge in [0.1, 0.15) is 0 Å². The summed E-state index contributed by atoms with van der Waals surface area (Å²) in [5.74, 6) is -0.693. The number of aliphatic carboxylic acids is 1. The molecule has 0 radical (unpaired) electrons. The van der Waals surface area contributed by atoms with Crippen LogP contribution in [0.5, 0.6) is 0 Å². The summed E-state index contributed by atoms with van der Waals surface area (Å²) in [7, 11) is 0. The minimum absolute atomic E-state index is 0.316. The molecule has 5 heteroatoms. The number of unbranched alkanes of at least 4 members (excludes halogenated alkanes) is 1. The number of nitrogens with two attached hydrogens (primary N) is 1. The van der Waals surface area contributed by atoms with Crippen molar-refractivity contribution in [2.75, 3.05) is 0 Å². The van der Waals surface area contributed by atoms with Gasteiger partial charge in [0.25, 0.3) is 0 Å². The lowest BCUT2D eigenvalue weighted by Crippen LogP contribution is -1.96. The van der Waals surface area contributed by atoms with E-state index >= 15 is 0 Å². The van der Waals surface area contributed by atoms with Crippen LogP contribution < -0.4 is 5.73 Å². The van der Waals surface area contributed by atoms with Gasteiger partial charge in [0.2, 0.25) is 0 Å². The second-order valence-electron chi connectivity index (χ2n) is 3.41. The highest BCUT2D eigenvalue weighted by Crippen LogP contribution is 2.24. The average molecular weight is 278 g/mol. The zero-order valence-corrected chi connectivity index (χ0v) is 11.3. The molecule has 3 N–H and O–H groups in total. The molecule has 0 aliphatic rings. The van der Waals surface area contributed by atoms with Gasteiger partial charge < -0.3 is 10.8 Å². The molecular weight excluding hydrogens is 261 g/mol. The number of halogens is 2. The predicted molar refractivity (Wildman–Crippen MR) is 71.5 cm³/mol. The lowest BCUT2D eigenvalue weighted by atomic mass is 10.2. The first-order chi connectivity index (χ1) is 8.02. The summed E-state index contributed by atoms with van der Waals surface area (Å²) in [6.45, 7) is 2.41. The van der Waals surface area contributed by atoms with E-state index in [-0.39, 0.29) is 0 Å². The van der Waals surface area contributed by atoms with Crippen LogP contribution in [0.15, 0.2) is 18.2 Å². The lowest BCUT2D eigenvalue weighted by molar-refractivity contribution is -0.137. The first-order valence-corrected chi connectivity index (χ1v) is 6.13. The van der Waals surface area contributed by atoms with Gasteiger partial charge >= 0.3 is 5.97 Å². The van der Waals surface area contributed by atoms with Crippen molar-refractivity contribution >= 4 is 29.2 Å². The second-order valence-corrected chi connectivity index (χ2v) is 4.20. The fourth-order valence-corrected chi connectivity index (χ4v) is 1.43. The van der Waals surface area contributed by atoms with Gasteiger partial charge in [0, 0.05) is 13.0 Å². The van der Waals surface area contributed by atoms with Crippen molar-refractivity contribution in [1.29, 1.82) is 0 Å². The number of benzene rings is 1. The Morgan fingerprint density at radius 1 is 1.41 bits per heavy atom. The van der Waals surface area contributed by atoms with Gasteiger partial charge in [0.05, 0.1) is 10.0 Å².